The van der Waals surface area contributed by atoms with Gasteiger partial charge in [0.1, 0.15) is 0 Å². The fourth-order valence-corrected chi connectivity index (χ4v) is 4.19. The number of benzene rings is 1. The molecule has 2 aliphatic carbocycles. The minimum Gasteiger partial charge on any atom is -0.354 e. The van der Waals surface area contributed by atoms with Crippen LogP contribution in [0.3, 0.4) is 0 Å². The lowest BCUT2D eigenvalue weighted by molar-refractivity contribution is -0.135. The van der Waals surface area contributed by atoms with Crippen LogP contribution in [0.2, 0.25) is 0 Å². The van der Waals surface area contributed by atoms with Crippen molar-refractivity contribution in [2.75, 3.05) is 13.1 Å². The van der Waals surface area contributed by atoms with Crippen molar-refractivity contribution in [3.8, 4) is 0 Å². The van der Waals surface area contributed by atoms with Gasteiger partial charge in [0.2, 0.25) is 11.8 Å². The van der Waals surface area contributed by atoms with E-state index in [0.717, 1.165) is 17.4 Å². The Kier molecular flexibility index (Phi) is 4.30. The van der Waals surface area contributed by atoms with Gasteiger partial charge in [-0.15, -0.1) is 0 Å². The molecule has 1 saturated heterocycles. The zero-order valence-corrected chi connectivity index (χ0v) is 14.1. The molecule has 1 aromatic rings. The number of nitrogens with zero attached hydrogens (tertiary/aromatic N) is 1. The van der Waals surface area contributed by atoms with Gasteiger partial charge in [-0.2, -0.15) is 0 Å². The Morgan fingerprint density at radius 1 is 1.12 bits per heavy atom. The van der Waals surface area contributed by atoms with E-state index in [0.29, 0.717) is 31.8 Å². The predicted octanol–water partition coefficient (Wildman–Crippen LogP) is 2.90. The summed E-state index contributed by atoms with van der Waals surface area (Å²) in [5.41, 5.74) is 1.07. The van der Waals surface area contributed by atoms with E-state index in [4.69, 9.17) is 0 Å². The molecule has 0 radical (unpaired) electrons. The quantitative estimate of drug-likeness (QED) is 0.904. The molecule has 1 aromatic carbocycles. The van der Waals surface area contributed by atoms with Crippen LogP contribution in [-0.4, -0.2) is 29.8 Å². The lowest BCUT2D eigenvalue weighted by Crippen LogP contribution is -2.37. The molecular weight excluding hydrogens is 300 g/mol. The summed E-state index contributed by atoms with van der Waals surface area (Å²) in [5.74, 6) is 2.43. The van der Waals surface area contributed by atoms with E-state index in [9.17, 15) is 9.59 Å². The number of carbonyl (C=O) groups excluding carboxylic acids is 2. The SMILES string of the molecule is O=C1C[C@H](c2ccccc2)N(C(=O)CC(C2CC2)C2CC2)CCN1. The zero-order valence-electron chi connectivity index (χ0n) is 14.1. The second kappa shape index (κ2) is 6.58. The monoisotopic (exact) mass is 326 g/mol. The van der Waals surface area contributed by atoms with Gasteiger partial charge in [-0.05, 0) is 49.0 Å². The Morgan fingerprint density at radius 3 is 2.42 bits per heavy atom. The van der Waals surface area contributed by atoms with Crippen LogP contribution in [-0.2, 0) is 9.59 Å². The lowest BCUT2D eigenvalue weighted by Gasteiger charge is -2.31. The minimum atomic E-state index is -0.125. The highest BCUT2D eigenvalue weighted by molar-refractivity contribution is 5.81. The summed E-state index contributed by atoms with van der Waals surface area (Å²) < 4.78 is 0. The molecule has 1 heterocycles. The summed E-state index contributed by atoms with van der Waals surface area (Å²) in [6.45, 7) is 1.18. The Morgan fingerprint density at radius 2 is 1.79 bits per heavy atom. The van der Waals surface area contributed by atoms with Gasteiger partial charge in [-0.1, -0.05) is 30.3 Å². The van der Waals surface area contributed by atoms with Crippen molar-refractivity contribution < 1.29 is 9.59 Å². The number of hydrogen-bond acceptors (Lipinski definition) is 2. The van der Waals surface area contributed by atoms with E-state index in [1.807, 2.05) is 35.2 Å². The molecule has 2 amide bonds. The van der Waals surface area contributed by atoms with E-state index in [-0.39, 0.29) is 17.9 Å². The van der Waals surface area contributed by atoms with Gasteiger partial charge in [-0.25, -0.2) is 0 Å². The molecular formula is C20H26N2O2. The van der Waals surface area contributed by atoms with E-state index < -0.39 is 0 Å². The van der Waals surface area contributed by atoms with Gasteiger partial charge >= 0.3 is 0 Å². The van der Waals surface area contributed by atoms with Crippen molar-refractivity contribution in [1.82, 2.24) is 10.2 Å². The number of rotatable bonds is 5. The third-order valence-corrected chi connectivity index (χ3v) is 5.80. The van der Waals surface area contributed by atoms with Crippen LogP contribution < -0.4 is 5.32 Å². The third-order valence-electron chi connectivity index (χ3n) is 5.80. The fraction of sp³-hybridized carbons (Fsp3) is 0.600. The maximum Gasteiger partial charge on any atom is 0.223 e. The van der Waals surface area contributed by atoms with E-state index in [1.54, 1.807) is 0 Å². The molecule has 4 nitrogen and oxygen atoms in total. The second-order valence-electron chi connectivity index (χ2n) is 7.61. The summed E-state index contributed by atoms with van der Waals surface area (Å²) in [6.07, 6.45) is 6.25. The molecule has 1 atom stereocenters. The van der Waals surface area contributed by atoms with Crippen molar-refractivity contribution in [3.63, 3.8) is 0 Å². The topological polar surface area (TPSA) is 49.4 Å². The first-order chi connectivity index (χ1) is 11.7. The van der Waals surface area contributed by atoms with E-state index >= 15 is 0 Å². The molecule has 0 aromatic heterocycles. The largest absolute Gasteiger partial charge is 0.354 e. The molecule has 128 valence electrons. The van der Waals surface area contributed by atoms with Gasteiger partial charge < -0.3 is 10.2 Å². The van der Waals surface area contributed by atoms with Gasteiger partial charge in [0.25, 0.3) is 0 Å². The van der Waals surface area contributed by atoms with Gasteiger partial charge in [0, 0.05) is 19.5 Å². The molecule has 0 unspecified atom stereocenters. The molecule has 0 spiro atoms. The van der Waals surface area contributed by atoms with Crippen LogP contribution >= 0.6 is 0 Å². The molecule has 4 rings (SSSR count). The van der Waals surface area contributed by atoms with Gasteiger partial charge in [-0.3, -0.25) is 9.59 Å². The number of nitrogens with one attached hydrogen (secondary N) is 1. The average molecular weight is 326 g/mol. The van der Waals surface area contributed by atoms with E-state index in [1.165, 1.54) is 25.7 Å². The minimum absolute atomic E-state index is 0.0417. The molecule has 1 aliphatic heterocycles. The zero-order chi connectivity index (χ0) is 16.5. The maximum atomic E-state index is 13.1. The van der Waals surface area contributed by atoms with Crippen molar-refractivity contribution in [3.05, 3.63) is 35.9 Å². The Hall–Kier alpha value is -1.84. The highest BCUT2D eigenvalue weighted by Gasteiger charge is 2.43. The highest BCUT2D eigenvalue weighted by atomic mass is 16.2. The predicted molar refractivity (Wildman–Crippen MR) is 92.1 cm³/mol. The Labute approximate surface area is 143 Å². The van der Waals surface area contributed by atoms with Crippen LogP contribution in [0.5, 0.6) is 0 Å². The first-order valence-corrected chi connectivity index (χ1v) is 9.33. The normalized spacial score (nSPS) is 24.6. The molecule has 3 aliphatic rings. The first-order valence-electron chi connectivity index (χ1n) is 9.33. The van der Waals surface area contributed by atoms with Crippen LogP contribution in [0.15, 0.2) is 30.3 Å². The Bertz CT molecular complexity index is 595. The maximum absolute atomic E-state index is 13.1. The van der Waals surface area contributed by atoms with Crippen molar-refractivity contribution in [1.29, 1.82) is 0 Å². The van der Waals surface area contributed by atoms with Gasteiger partial charge in [0.15, 0.2) is 0 Å². The smallest absolute Gasteiger partial charge is 0.223 e. The fourth-order valence-electron chi connectivity index (χ4n) is 4.19. The average Bonchev–Trinajstić information content (AvgIpc) is 3.48. The summed E-state index contributed by atoms with van der Waals surface area (Å²) in [6, 6.07) is 9.88. The lowest BCUT2D eigenvalue weighted by atomic mass is 9.92. The van der Waals surface area contributed by atoms with E-state index in [2.05, 4.69) is 5.32 Å². The van der Waals surface area contributed by atoms with Gasteiger partial charge in [0.05, 0.1) is 12.5 Å². The molecule has 0 bridgehead atoms. The number of hydrogen-bond donors (Lipinski definition) is 1. The van der Waals surface area contributed by atoms with Crippen molar-refractivity contribution in [2.24, 2.45) is 17.8 Å². The summed E-state index contributed by atoms with van der Waals surface area (Å²) in [4.78, 5) is 27.1. The van der Waals surface area contributed by atoms with Crippen molar-refractivity contribution >= 4 is 11.8 Å². The standard InChI is InChI=1S/C20H26N2O2/c23-19-13-18(16-4-2-1-3-5-16)22(11-10-21-19)20(24)12-17(14-6-7-14)15-8-9-15/h1-5,14-15,17-18H,6-13H2,(H,21,23)/t18-/m1/s1. The molecule has 3 fully saturated rings. The molecule has 2 saturated carbocycles. The second-order valence-corrected chi connectivity index (χ2v) is 7.61. The summed E-state index contributed by atoms with van der Waals surface area (Å²) in [5, 5.41) is 2.92. The number of carbonyl (C=O) groups is 2. The van der Waals surface area contributed by atoms with Crippen LogP contribution in [0.4, 0.5) is 0 Å². The molecule has 1 N–H and O–H groups in total. The molecule has 4 heteroatoms. The summed E-state index contributed by atoms with van der Waals surface area (Å²) >= 11 is 0. The van der Waals surface area contributed by atoms with Crippen LogP contribution in [0.1, 0.15) is 50.1 Å². The number of amides is 2. The summed E-state index contributed by atoms with van der Waals surface area (Å²) in [7, 11) is 0. The van der Waals surface area contributed by atoms with Crippen LogP contribution in [0, 0.1) is 17.8 Å². The Balaban J connectivity index is 1.53. The third kappa shape index (κ3) is 3.47. The molecule has 24 heavy (non-hydrogen) atoms. The van der Waals surface area contributed by atoms with Crippen LogP contribution in [0.25, 0.3) is 0 Å². The van der Waals surface area contributed by atoms with Crippen molar-refractivity contribution in [2.45, 2.75) is 44.6 Å². The first kappa shape index (κ1) is 15.7. The highest BCUT2D eigenvalue weighted by Crippen LogP contribution is 2.51.